The van der Waals surface area contributed by atoms with Gasteiger partial charge >= 0.3 is 6.18 Å². The van der Waals surface area contributed by atoms with Gasteiger partial charge in [0.2, 0.25) is 0 Å². The van der Waals surface area contributed by atoms with E-state index >= 15 is 0 Å². The zero-order valence-electron chi connectivity index (χ0n) is 13.8. The van der Waals surface area contributed by atoms with Gasteiger partial charge in [-0.05, 0) is 50.6 Å². The molecule has 0 heterocycles. The van der Waals surface area contributed by atoms with E-state index in [1.807, 2.05) is 6.92 Å². The second-order valence-electron chi connectivity index (χ2n) is 6.62. The van der Waals surface area contributed by atoms with Gasteiger partial charge in [0.1, 0.15) is 0 Å². The van der Waals surface area contributed by atoms with Crippen LogP contribution in [0.5, 0.6) is 0 Å². The Bertz CT molecular complexity index is 292. The topological polar surface area (TPSA) is 15.3 Å². The molecule has 0 amide bonds. The van der Waals surface area contributed by atoms with Crippen LogP contribution < -0.4 is 5.32 Å². The minimum atomic E-state index is -4.11. The third-order valence-corrected chi connectivity index (χ3v) is 4.71. The van der Waals surface area contributed by atoms with Gasteiger partial charge in [-0.2, -0.15) is 13.2 Å². The van der Waals surface area contributed by atoms with Crippen molar-refractivity contribution in [3.63, 3.8) is 0 Å². The molecule has 0 aliphatic heterocycles. The third kappa shape index (κ3) is 6.15. The number of alkyl halides is 3. The maximum atomic E-state index is 12.8. The summed E-state index contributed by atoms with van der Waals surface area (Å²) in [6.07, 6.45) is -0.109. The fourth-order valence-corrected chi connectivity index (χ4v) is 3.45. The highest BCUT2D eigenvalue weighted by Gasteiger charge is 2.39. The lowest BCUT2D eigenvalue weighted by atomic mass is 9.76. The zero-order valence-corrected chi connectivity index (χ0v) is 13.8. The number of nitrogens with zero attached hydrogens (tertiary/aromatic N) is 1. The molecule has 1 N–H and O–H groups in total. The quantitative estimate of drug-likeness (QED) is 0.763. The molecule has 5 heteroatoms. The lowest BCUT2D eigenvalue weighted by Crippen LogP contribution is -2.55. The van der Waals surface area contributed by atoms with Crippen LogP contribution in [0.3, 0.4) is 0 Å². The summed E-state index contributed by atoms with van der Waals surface area (Å²) in [6.45, 7) is 8.85. The van der Waals surface area contributed by atoms with E-state index in [1.165, 1.54) is 0 Å². The molecule has 1 aliphatic carbocycles. The van der Waals surface area contributed by atoms with Gasteiger partial charge in [0.05, 0.1) is 6.54 Å². The van der Waals surface area contributed by atoms with Crippen molar-refractivity contribution in [2.45, 2.75) is 71.6 Å². The second-order valence-corrected chi connectivity index (χ2v) is 6.62. The van der Waals surface area contributed by atoms with Crippen LogP contribution in [0.25, 0.3) is 0 Å². The predicted octanol–water partition coefficient (Wildman–Crippen LogP) is 4.06. The first-order chi connectivity index (χ1) is 9.78. The number of rotatable bonds is 7. The first-order valence-corrected chi connectivity index (χ1v) is 8.32. The van der Waals surface area contributed by atoms with Crippen molar-refractivity contribution in [3.8, 4) is 0 Å². The molecule has 0 aromatic heterocycles. The Hall–Kier alpha value is -0.290. The van der Waals surface area contributed by atoms with Crippen LogP contribution in [0.1, 0.15) is 53.4 Å². The average molecular weight is 308 g/mol. The van der Waals surface area contributed by atoms with Crippen molar-refractivity contribution in [2.75, 3.05) is 19.6 Å². The monoisotopic (exact) mass is 308 g/mol. The normalized spacial score (nSPS) is 27.6. The SMILES string of the molecule is CCCNC1CCC(C(C)C)CC1N(CC)CC(F)(F)F. The fourth-order valence-electron chi connectivity index (χ4n) is 3.45. The zero-order chi connectivity index (χ0) is 16.0. The molecule has 126 valence electrons. The summed E-state index contributed by atoms with van der Waals surface area (Å²) < 4.78 is 38.5. The van der Waals surface area contributed by atoms with Gasteiger partial charge in [-0.3, -0.25) is 4.90 Å². The molecule has 0 aromatic rings. The molecule has 1 fully saturated rings. The van der Waals surface area contributed by atoms with Gasteiger partial charge in [-0.1, -0.05) is 27.7 Å². The third-order valence-electron chi connectivity index (χ3n) is 4.71. The molecule has 21 heavy (non-hydrogen) atoms. The maximum absolute atomic E-state index is 12.8. The van der Waals surface area contributed by atoms with Crippen molar-refractivity contribution in [3.05, 3.63) is 0 Å². The second kappa shape index (κ2) is 8.37. The Balaban J connectivity index is 2.79. The lowest BCUT2D eigenvalue weighted by Gasteiger charge is -2.44. The Morgan fingerprint density at radius 3 is 2.33 bits per heavy atom. The number of hydrogen-bond donors (Lipinski definition) is 1. The van der Waals surface area contributed by atoms with Gasteiger partial charge in [-0.25, -0.2) is 0 Å². The minimum Gasteiger partial charge on any atom is -0.312 e. The van der Waals surface area contributed by atoms with Gasteiger partial charge in [0.15, 0.2) is 0 Å². The Morgan fingerprint density at radius 1 is 1.19 bits per heavy atom. The molecule has 1 rings (SSSR count). The molecular weight excluding hydrogens is 277 g/mol. The van der Waals surface area contributed by atoms with Crippen LogP contribution in [0.15, 0.2) is 0 Å². The van der Waals surface area contributed by atoms with Crippen molar-refractivity contribution < 1.29 is 13.2 Å². The van der Waals surface area contributed by atoms with E-state index in [-0.39, 0.29) is 12.1 Å². The van der Waals surface area contributed by atoms with Crippen LogP contribution >= 0.6 is 0 Å². The van der Waals surface area contributed by atoms with Gasteiger partial charge in [-0.15, -0.1) is 0 Å². The van der Waals surface area contributed by atoms with Crippen molar-refractivity contribution >= 4 is 0 Å². The maximum Gasteiger partial charge on any atom is 0.401 e. The van der Waals surface area contributed by atoms with E-state index in [1.54, 1.807) is 4.90 Å². The number of likely N-dealkylation sites (N-methyl/N-ethyl adjacent to an activating group) is 1. The van der Waals surface area contributed by atoms with Crippen LogP contribution in [0.2, 0.25) is 0 Å². The van der Waals surface area contributed by atoms with Crippen LogP contribution in [-0.2, 0) is 0 Å². The van der Waals surface area contributed by atoms with E-state index in [0.29, 0.717) is 18.4 Å². The molecule has 3 unspecified atom stereocenters. The highest BCUT2D eigenvalue weighted by molar-refractivity contribution is 4.92. The summed E-state index contributed by atoms with van der Waals surface area (Å²) in [7, 11) is 0. The first kappa shape index (κ1) is 18.8. The van der Waals surface area contributed by atoms with Gasteiger partial charge < -0.3 is 5.32 Å². The van der Waals surface area contributed by atoms with Crippen LogP contribution in [0.4, 0.5) is 13.2 Å². The molecular formula is C16H31F3N2. The number of nitrogens with one attached hydrogen (secondary N) is 1. The largest absolute Gasteiger partial charge is 0.401 e. The Morgan fingerprint density at radius 2 is 1.86 bits per heavy atom. The fraction of sp³-hybridized carbons (Fsp3) is 1.00. The minimum absolute atomic E-state index is 0.00400. The first-order valence-electron chi connectivity index (χ1n) is 8.32. The standard InChI is InChI=1S/C16H31F3N2/c1-5-9-20-14-8-7-13(12(3)4)10-15(14)21(6-2)11-16(17,18)19/h12-15,20H,5-11H2,1-4H3. The highest BCUT2D eigenvalue weighted by Crippen LogP contribution is 2.34. The smallest absolute Gasteiger partial charge is 0.312 e. The van der Waals surface area contributed by atoms with E-state index < -0.39 is 12.7 Å². The molecule has 0 aromatic carbocycles. The lowest BCUT2D eigenvalue weighted by molar-refractivity contribution is -0.154. The van der Waals surface area contributed by atoms with Crippen LogP contribution in [0, 0.1) is 11.8 Å². The molecule has 0 spiro atoms. The highest BCUT2D eigenvalue weighted by atomic mass is 19.4. The molecule has 0 saturated heterocycles. The molecule has 2 nitrogen and oxygen atoms in total. The summed E-state index contributed by atoms with van der Waals surface area (Å²) in [5, 5.41) is 3.47. The van der Waals surface area contributed by atoms with Crippen molar-refractivity contribution in [1.82, 2.24) is 10.2 Å². The molecule has 3 atom stereocenters. The summed E-state index contributed by atoms with van der Waals surface area (Å²) in [6, 6.07) is 0.201. The van der Waals surface area contributed by atoms with E-state index in [4.69, 9.17) is 0 Å². The van der Waals surface area contributed by atoms with Crippen molar-refractivity contribution in [2.24, 2.45) is 11.8 Å². The van der Waals surface area contributed by atoms with E-state index in [0.717, 1.165) is 32.2 Å². The Labute approximate surface area is 127 Å². The summed E-state index contributed by atoms with van der Waals surface area (Å²) >= 11 is 0. The average Bonchev–Trinajstić information content (AvgIpc) is 2.41. The molecule has 0 radical (unpaired) electrons. The molecule has 1 aliphatic rings. The number of halogens is 3. The van der Waals surface area contributed by atoms with Crippen LogP contribution in [-0.4, -0.2) is 42.8 Å². The summed E-state index contributed by atoms with van der Waals surface area (Å²) in [5.74, 6) is 1.08. The Kier molecular flexibility index (Phi) is 7.48. The van der Waals surface area contributed by atoms with Gasteiger partial charge in [0, 0.05) is 12.1 Å². The van der Waals surface area contributed by atoms with Gasteiger partial charge in [0.25, 0.3) is 0 Å². The summed E-state index contributed by atoms with van der Waals surface area (Å²) in [5.41, 5.74) is 0. The summed E-state index contributed by atoms with van der Waals surface area (Å²) in [4.78, 5) is 1.63. The predicted molar refractivity (Wildman–Crippen MR) is 81.4 cm³/mol. The number of hydrogen-bond acceptors (Lipinski definition) is 2. The molecule has 1 saturated carbocycles. The molecule has 0 bridgehead atoms. The van der Waals surface area contributed by atoms with Crippen molar-refractivity contribution in [1.29, 1.82) is 0 Å². The van der Waals surface area contributed by atoms with E-state index in [9.17, 15) is 13.2 Å². The van der Waals surface area contributed by atoms with E-state index in [2.05, 4.69) is 26.1 Å².